The molecule has 0 spiro atoms. The number of nitrogens with zero attached hydrogens (tertiary/aromatic N) is 1. The summed E-state index contributed by atoms with van der Waals surface area (Å²) in [4.78, 5) is 16.3. The Morgan fingerprint density at radius 2 is 2.40 bits per heavy atom. The monoisotopic (exact) mass is 310 g/mol. The highest BCUT2D eigenvalue weighted by Gasteiger charge is 2.21. The molecule has 1 atom stereocenters. The predicted octanol–water partition coefficient (Wildman–Crippen LogP) is 3.59. The van der Waals surface area contributed by atoms with Crippen molar-refractivity contribution < 1.29 is 4.79 Å². The van der Waals surface area contributed by atoms with E-state index in [9.17, 15) is 4.79 Å². The Labute approximate surface area is 129 Å². The van der Waals surface area contributed by atoms with Crippen molar-refractivity contribution in [1.82, 2.24) is 4.90 Å². The molecule has 1 heterocycles. The molecule has 0 aliphatic rings. The maximum Gasteiger partial charge on any atom is 0.240 e. The highest BCUT2D eigenvalue weighted by molar-refractivity contribution is 8.05. The lowest BCUT2D eigenvalue weighted by Crippen LogP contribution is -2.43. The quantitative estimate of drug-likeness (QED) is 0.758. The van der Waals surface area contributed by atoms with Gasteiger partial charge in [0, 0.05) is 9.78 Å². The third-order valence-electron chi connectivity index (χ3n) is 2.77. The second-order valence-corrected chi connectivity index (χ2v) is 6.67. The Balaban J connectivity index is 2.74. The number of thiophene rings is 1. The van der Waals surface area contributed by atoms with Crippen molar-refractivity contribution in [2.45, 2.75) is 32.4 Å². The van der Waals surface area contributed by atoms with Crippen molar-refractivity contribution in [1.29, 1.82) is 0 Å². The first kappa shape index (κ1) is 17.0. The summed E-state index contributed by atoms with van der Waals surface area (Å²) in [6.45, 7) is 10.8. The first-order valence-corrected chi connectivity index (χ1v) is 8.36. The number of rotatable bonds is 9. The molecule has 0 aromatic carbocycles. The summed E-state index contributed by atoms with van der Waals surface area (Å²) in [5, 5.41) is 3.74. The Morgan fingerprint density at radius 1 is 1.65 bits per heavy atom. The fraction of sp³-hybridized carbons (Fsp3) is 0.400. The van der Waals surface area contributed by atoms with Crippen LogP contribution in [0.2, 0.25) is 0 Å². The molecular weight excluding hydrogens is 288 g/mol. The minimum absolute atomic E-state index is 0.00828. The minimum atomic E-state index is -0.429. The van der Waals surface area contributed by atoms with Gasteiger partial charge in [-0.25, -0.2) is 0 Å². The van der Waals surface area contributed by atoms with Crippen LogP contribution in [0.4, 0.5) is 0 Å². The molecule has 1 rings (SSSR count). The van der Waals surface area contributed by atoms with Crippen LogP contribution in [0.5, 0.6) is 0 Å². The topological polar surface area (TPSA) is 46.3 Å². The third kappa shape index (κ3) is 5.53. The lowest BCUT2D eigenvalue weighted by atomic mass is 10.1. The van der Waals surface area contributed by atoms with Crippen LogP contribution in [0.15, 0.2) is 41.0 Å². The van der Waals surface area contributed by atoms with Gasteiger partial charge in [-0.15, -0.1) is 23.1 Å². The molecule has 0 aliphatic heterocycles. The molecule has 1 aromatic rings. The van der Waals surface area contributed by atoms with E-state index in [0.29, 0.717) is 19.5 Å². The number of carbonyl (C=O) groups is 1. The van der Waals surface area contributed by atoms with Crippen LogP contribution < -0.4 is 5.73 Å². The zero-order chi connectivity index (χ0) is 15.0. The standard InChI is InChI=1S/C15H22N2OS2/c1-4-7-14(16)15(18)17(10-12(3)19-5-2)11-13-8-6-9-20-13/h5-6,8-9,14H,2-4,7,10-11,16H2,1H3. The Morgan fingerprint density at radius 3 is 2.95 bits per heavy atom. The van der Waals surface area contributed by atoms with Gasteiger partial charge in [-0.2, -0.15) is 0 Å². The molecule has 1 amide bonds. The molecule has 20 heavy (non-hydrogen) atoms. The van der Waals surface area contributed by atoms with Gasteiger partial charge in [-0.3, -0.25) is 4.79 Å². The van der Waals surface area contributed by atoms with E-state index in [0.717, 1.165) is 16.2 Å². The van der Waals surface area contributed by atoms with Gasteiger partial charge in [0.2, 0.25) is 5.91 Å². The van der Waals surface area contributed by atoms with E-state index in [1.807, 2.05) is 24.4 Å². The normalized spacial score (nSPS) is 11.9. The lowest BCUT2D eigenvalue weighted by molar-refractivity contribution is -0.132. The van der Waals surface area contributed by atoms with Crippen molar-refractivity contribution in [2.75, 3.05) is 6.54 Å². The molecule has 0 bridgehead atoms. The molecule has 0 fully saturated rings. The van der Waals surface area contributed by atoms with Crippen molar-refractivity contribution in [2.24, 2.45) is 5.73 Å². The second-order valence-electron chi connectivity index (χ2n) is 4.49. The van der Waals surface area contributed by atoms with E-state index >= 15 is 0 Å². The second kappa shape index (κ2) is 9.00. The number of amides is 1. The summed E-state index contributed by atoms with van der Waals surface area (Å²) >= 11 is 3.10. The van der Waals surface area contributed by atoms with Gasteiger partial charge in [0.15, 0.2) is 0 Å². The van der Waals surface area contributed by atoms with E-state index in [-0.39, 0.29) is 5.91 Å². The van der Waals surface area contributed by atoms with Gasteiger partial charge >= 0.3 is 0 Å². The number of hydrogen-bond acceptors (Lipinski definition) is 4. The van der Waals surface area contributed by atoms with Crippen LogP contribution in [0, 0.1) is 0 Å². The van der Waals surface area contributed by atoms with Crippen LogP contribution in [-0.2, 0) is 11.3 Å². The first-order valence-electron chi connectivity index (χ1n) is 6.60. The molecular formula is C15H22N2OS2. The van der Waals surface area contributed by atoms with Crippen LogP contribution >= 0.6 is 23.1 Å². The summed E-state index contributed by atoms with van der Waals surface area (Å²) in [6, 6.07) is 3.59. The van der Waals surface area contributed by atoms with Crippen LogP contribution in [0.1, 0.15) is 24.6 Å². The Hall–Kier alpha value is -1.04. The van der Waals surface area contributed by atoms with Gasteiger partial charge in [-0.05, 0) is 23.3 Å². The van der Waals surface area contributed by atoms with Gasteiger partial charge in [0.05, 0.1) is 19.1 Å². The van der Waals surface area contributed by atoms with Crippen molar-refractivity contribution in [3.8, 4) is 0 Å². The lowest BCUT2D eigenvalue weighted by Gasteiger charge is -2.25. The smallest absolute Gasteiger partial charge is 0.240 e. The van der Waals surface area contributed by atoms with Crippen LogP contribution in [0.3, 0.4) is 0 Å². The molecule has 0 radical (unpaired) electrons. The molecule has 2 N–H and O–H groups in total. The summed E-state index contributed by atoms with van der Waals surface area (Å²) in [5.74, 6) is -0.00828. The largest absolute Gasteiger partial charge is 0.331 e. The number of thioether (sulfide) groups is 1. The molecule has 110 valence electrons. The summed E-state index contributed by atoms with van der Waals surface area (Å²) < 4.78 is 0. The third-order valence-corrected chi connectivity index (χ3v) is 4.26. The molecule has 0 aliphatic carbocycles. The predicted molar refractivity (Wildman–Crippen MR) is 89.5 cm³/mol. The summed E-state index contributed by atoms with van der Waals surface area (Å²) in [7, 11) is 0. The number of hydrogen-bond donors (Lipinski definition) is 1. The van der Waals surface area contributed by atoms with Crippen LogP contribution in [-0.4, -0.2) is 23.4 Å². The van der Waals surface area contributed by atoms with Gasteiger partial charge in [-0.1, -0.05) is 32.6 Å². The van der Waals surface area contributed by atoms with Crippen molar-refractivity contribution in [3.05, 3.63) is 45.9 Å². The van der Waals surface area contributed by atoms with E-state index < -0.39 is 6.04 Å². The fourth-order valence-corrected chi connectivity index (χ4v) is 3.02. The molecule has 3 nitrogen and oxygen atoms in total. The molecule has 1 unspecified atom stereocenters. The highest BCUT2D eigenvalue weighted by atomic mass is 32.2. The van der Waals surface area contributed by atoms with E-state index in [2.05, 4.69) is 13.2 Å². The van der Waals surface area contributed by atoms with Crippen molar-refractivity contribution >= 4 is 29.0 Å². The number of carbonyl (C=O) groups excluding carboxylic acids is 1. The molecule has 1 aromatic heterocycles. The summed E-state index contributed by atoms with van der Waals surface area (Å²) in [6.07, 6.45) is 1.61. The number of nitrogens with two attached hydrogens (primary N) is 1. The minimum Gasteiger partial charge on any atom is -0.331 e. The molecule has 0 saturated heterocycles. The van der Waals surface area contributed by atoms with Crippen LogP contribution in [0.25, 0.3) is 0 Å². The average Bonchev–Trinajstić information content (AvgIpc) is 2.90. The molecule has 5 heteroatoms. The zero-order valence-corrected chi connectivity index (χ0v) is 13.5. The Bertz CT molecular complexity index is 443. The maximum absolute atomic E-state index is 12.4. The van der Waals surface area contributed by atoms with E-state index in [1.165, 1.54) is 11.8 Å². The van der Waals surface area contributed by atoms with Gasteiger partial charge < -0.3 is 10.6 Å². The Kier molecular flexibility index (Phi) is 7.65. The SMILES string of the molecule is C=CSC(=C)CN(Cc1cccs1)C(=O)C(N)CCC. The van der Waals surface area contributed by atoms with Gasteiger partial charge in [0.25, 0.3) is 0 Å². The maximum atomic E-state index is 12.4. The van der Waals surface area contributed by atoms with Gasteiger partial charge in [0.1, 0.15) is 0 Å². The van der Waals surface area contributed by atoms with Crippen molar-refractivity contribution in [3.63, 3.8) is 0 Å². The first-order chi connectivity index (χ1) is 9.58. The fourth-order valence-electron chi connectivity index (χ4n) is 1.84. The van der Waals surface area contributed by atoms with E-state index in [1.54, 1.807) is 21.6 Å². The molecule has 0 saturated carbocycles. The average molecular weight is 310 g/mol. The highest BCUT2D eigenvalue weighted by Crippen LogP contribution is 2.19. The van der Waals surface area contributed by atoms with E-state index in [4.69, 9.17) is 5.73 Å². The summed E-state index contributed by atoms with van der Waals surface area (Å²) in [5.41, 5.74) is 5.96. The zero-order valence-electron chi connectivity index (χ0n) is 11.9.